The minimum Gasteiger partial charge on any atom is -0.490 e. The largest absolute Gasteiger partial charge is 0.490 e. The van der Waals surface area contributed by atoms with Gasteiger partial charge in [0.05, 0.1) is 23.7 Å². The van der Waals surface area contributed by atoms with Gasteiger partial charge in [0.15, 0.2) is 0 Å². The van der Waals surface area contributed by atoms with Gasteiger partial charge < -0.3 is 19.3 Å². The number of benzene rings is 2. The molecule has 1 aliphatic rings. The number of rotatable bonds is 10. The number of aliphatic hydroxyl groups is 1. The van der Waals surface area contributed by atoms with Crippen LogP contribution in [0.15, 0.2) is 64.8 Å². The summed E-state index contributed by atoms with van der Waals surface area (Å²) in [7, 11) is 1.23. The molecule has 0 aromatic heterocycles. The third kappa shape index (κ3) is 6.79. The number of esters is 2. The summed E-state index contributed by atoms with van der Waals surface area (Å²) in [5, 5.41) is 20.9. The summed E-state index contributed by atoms with van der Waals surface area (Å²) in [6.45, 7) is 5.00. The highest BCUT2D eigenvalue weighted by atomic mass is 16.6. The summed E-state index contributed by atoms with van der Waals surface area (Å²) >= 11 is 0. The number of nitrogens with zero attached hydrogens (tertiary/aromatic N) is 2. The molecule has 0 radical (unpaired) electrons. The molecular weight excluding hydrogens is 480 g/mol. The minimum absolute atomic E-state index is 0.0711. The Labute approximate surface area is 214 Å². The smallest absolute Gasteiger partial charge is 0.336 e. The summed E-state index contributed by atoms with van der Waals surface area (Å²) in [6.07, 6.45) is 0.0913. The van der Waals surface area contributed by atoms with Crippen LogP contribution in [0.4, 0.5) is 5.69 Å². The average Bonchev–Trinajstić information content (AvgIpc) is 2.86. The highest BCUT2D eigenvalue weighted by Gasteiger charge is 2.42. The van der Waals surface area contributed by atoms with Crippen LogP contribution < -0.4 is 4.74 Å². The lowest BCUT2D eigenvalue weighted by Gasteiger charge is -2.31. The number of aliphatic imine (C=N–C) groups is 1. The first-order valence-corrected chi connectivity index (χ1v) is 11.8. The first-order chi connectivity index (χ1) is 17.6. The number of carbonyl (C=O) groups is 2. The van der Waals surface area contributed by atoms with E-state index in [2.05, 4.69) is 4.99 Å². The van der Waals surface area contributed by atoms with Gasteiger partial charge in [-0.2, -0.15) is 0 Å². The van der Waals surface area contributed by atoms with E-state index in [-0.39, 0.29) is 24.5 Å². The van der Waals surface area contributed by atoms with Gasteiger partial charge in [-0.25, -0.2) is 4.79 Å². The fourth-order valence-electron chi connectivity index (χ4n) is 4.36. The molecule has 0 saturated heterocycles. The van der Waals surface area contributed by atoms with E-state index >= 15 is 0 Å². The normalized spacial score (nSPS) is 18.0. The molecule has 37 heavy (non-hydrogen) atoms. The quantitative estimate of drug-likeness (QED) is 0.221. The molecule has 1 heterocycles. The summed E-state index contributed by atoms with van der Waals surface area (Å²) in [5.74, 6) is -2.55. The van der Waals surface area contributed by atoms with E-state index in [1.54, 1.807) is 39.0 Å². The Bertz CT molecular complexity index is 1220. The molecule has 0 aliphatic carbocycles. The number of ether oxygens (including phenoxy) is 3. The molecule has 3 atom stereocenters. The number of nitro groups is 1. The number of non-ortho nitro benzene ring substituents is 1. The molecule has 2 aromatic carbocycles. The van der Waals surface area contributed by atoms with Gasteiger partial charge in [-0.1, -0.05) is 24.3 Å². The zero-order valence-electron chi connectivity index (χ0n) is 21.2. The Morgan fingerprint density at radius 2 is 1.84 bits per heavy atom. The first-order valence-electron chi connectivity index (χ1n) is 11.8. The van der Waals surface area contributed by atoms with Gasteiger partial charge in [-0.05, 0) is 50.5 Å². The van der Waals surface area contributed by atoms with Gasteiger partial charge in [0, 0.05) is 29.5 Å². The minimum atomic E-state index is -0.949. The van der Waals surface area contributed by atoms with E-state index in [0.29, 0.717) is 29.1 Å². The maximum absolute atomic E-state index is 13.2. The number of hydrogen-bond acceptors (Lipinski definition) is 9. The molecule has 1 aliphatic heterocycles. The topological polar surface area (TPSA) is 138 Å². The van der Waals surface area contributed by atoms with Crippen LogP contribution in [0.3, 0.4) is 0 Å². The molecule has 1 N–H and O–H groups in total. The molecule has 10 heteroatoms. The molecular formula is C27H30N2O8. The van der Waals surface area contributed by atoms with Crippen LogP contribution in [0.1, 0.15) is 37.8 Å². The van der Waals surface area contributed by atoms with Crippen molar-refractivity contribution >= 4 is 23.3 Å². The highest BCUT2D eigenvalue weighted by molar-refractivity contribution is 6.07. The fraction of sp³-hybridized carbons (Fsp3) is 0.370. The van der Waals surface area contributed by atoms with E-state index in [4.69, 9.17) is 14.2 Å². The van der Waals surface area contributed by atoms with Crippen molar-refractivity contribution in [3.63, 3.8) is 0 Å². The van der Waals surface area contributed by atoms with Crippen molar-refractivity contribution in [1.29, 1.82) is 0 Å². The molecule has 0 saturated carbocycles. The monoisotopic (exact) mass is 510 g/mol. The lowest BCUT2D eigenvalue weighted by molar-refractivity contribution is -0.384. The van der Waals surface area contributed by atoms with Gasteiger partial charge in [0.25, 0.3) is 5.69 Å². The Hall–Kier alpha value is -4.05. The number of aliphatic hydroxyl groups excluding tert-OH is 1. The van der Waals surface area contributed by atoms with Gasteiger partial charge in [-0.15, -0.1) is 0 Å². The molecule has 0 spiro atoms. The SMILES string of the molecule is COC(=O)C1C(C)=NC(C)=C(C(=O)OCCOc2ccc(CC(C)O)cc2)C1c1cccc([N+](=O)[O-])c1. The number of nitro benzene ring substituents is 1. The van der Waals surface area contributed by atoms with E-state index in [0.717, 1.165) is 5.56 Å². The second-order valence-corrected chi connectivity index (χ2v) is 8.76. The highest BCUT2D eigenvalue weighted by Crippen LogP contribution is 2.40. The number of methoxy groups -OCH3 is 1. The third-order valence-corrected chi connectivity index (χ3v) is 5.98. The molecule has 10 nitrogen and oxygen atoms in total. The first kappa shape index (κ1) is 27.5. The Morgan fingerprint density at radius 1 is 1.14 bits per heavy atom. The number of carbonyl (C=O) groups excluding carboxylic acids is 2. The molecule has 196 valence electrons. The van der Waals surface area contributed by atoms with E-state index in [9.17, 15) is 24.8 Å². The lowest BCUT2D eigenvalue weighted by Crippen LogP contribution is -2.36. The standard InChI is InChI=1S/C27H30N2O8/c1-16(30)14-19-8-10-22(11-9-19)36-12-13-37-27(32)24-18(3)28-17(2)23(26(31)35-4)25(24)20-6-5-7-21(15-20)29(33)34/h5-11,15-16,23,25,30H,12-14H2,1-4H3. The van der Waals surface area contributed by atoms with E-state index in [1.807, 2.05) is 12.1 Å². The molecule has 0 fully saturated rings. The number of allylic oxidation sites excluding steroid dienone is 1. The van der Waals surface area contributed by atoms with Crippen molar-refractivity contribution < 1.29 is 33.8 Å². The third-order valence-electron chi connectivity index (χ3n) is 5.98. The van der Waals surface area contributed by atoms with Crippen LogP contribution in [0.2, 0.25) is 0 Å². The number of hydrogen-bond donors (Lipinski definition) is 1. The summed E-state index contributed by atoms with van der Waals surface area (Å²) in [5.41, 5.74) is 2.12. The molecule has 2 aromatic rings. The average molecular weight is 511 g/mol. The second-order valence-electron chi connectivity index (χ2n) is 8.76. The molecule has 0 amide bonds. The van der Waals surface area contributed by atoms with Crippen molar-refractivity contribution in [2.75, 3.05) is 20.3 Å². The Balaban J connectivity index is 1.78. The summed E-state index contributed by atoms with van der Waals surface area (Å²) in [6, 6.07) is 13.0. The van der Waals surface area contributed by atoms with E-state index in [1.165, 1.54) is 25.3 Å². The summed E-state index contributed by atoms with van der Waals surface area (Å²) in [4.78, 5) is 41.1. The fourth-order valence-corrected chi connectivity index (χ4v) is 4.36. The predicted octanol–water partition coefficient (Wildman–Crippen LogP) is 3.76. The Morgan fingerprint density at radius 3 is 2.46 bits per heavy atom. The van der Waals surface area contributed by atoms with E-state index < -0.39 is 34.8 Å². The summed E-state index contributed by atoms with van der Waals surface area (Å²) < 4.78 is 16.1. The zero-order valence-corrected chi connectivity index (χ0v) is 21.2. The van der Waals surface area contributed by atoms with Crippen LogP contribution in [0, 0.1) is 16.0 Å². The predicted molar refractivity (Wildman–Crippen MR) is 135 cm³/mol. The van der Waals surface area contributed by atoms with Gasteiger partial charge >= 0.3 is 11.9 Å². The molecule has 3 unspecified atom stereocenters. The van der Waals surface area contributed by atoms with Crippen molar-refractivity contribution in [3.05, 3.63) is 81.0 Å². The van der Waals surface area contributed by atoms with Crippen molar-refractivity contribution in [2.24, 2.45) is 10.9 Å². The van der Waals surface area contributed by atoms with Crippen molar-refractivity contribution in [1.82, 2.24) is 0 Å². The molecule has 3 rings (SSSR count). The maximum atomic E-state index is 13.2. The lowest BCUT2D eigenvalue weighted by atomic mass is 9.75. The van der Waals surface area contributed by atoms with Gasteiger partial charge in [0.1, 0.15) is 24.9 Å². The van der Waals surface area contributed by atoms with Crippen molar-refractivity contribution in [2.45, 2.75) is 39.2 Å². The van der Waals surface area contributed by atoms with Crippen LogP contribution in [0.5, 0.6) is 5.75 Å². The zero-order chi connectivity index (χ0) is 27.1. The van der Waals surface area contributed by atoms with Crippen molar-refractivity contribution in [3.8, 4) is 5.75 Å². The maximum Gasteiger partial charge on any atom is 0.336 e. The van der Waals surface area contributed by atoms with Gasteiger partial charge in [0.2, 0.25) is 0 Å². The van der Waals surface area contributed by atoms with Crippen LogP contribution >= 0.6 is 0 Å². The van der Waals surface area contributed by atoms with Gasteiger partial charge in [-0.3, -0.25) is 19.9 Å². The second kappa shape index (κ2) is 12.3. The molecule has 0 bridgehead atoms. The van der Waals surface area contributed by atoms with Crippen LogP contribution in [0.25, 0.3) is 0 Å². The Kier molecular flexibility index (Phi) is 9.13. The van der Waals surface area contributed by atoms with Crippen LogP contribution in [-0.2, 0) is 25.5 Å². The van der Waals surface area contributed by atoms with Crippen LogP contribution in [-0.4, -0.2) is 54.1 Å².